The number of esters is 1. The van der Waals surface area contributed by atoms with Gasteiger partial charge in [0.25, 0.3) is 5.91 Å². The van der Waals surface area contributed by atoms with Gasteiger partial charge in [0, 0.05) is 31.5 Å². The summed E-state index contributed by atoms with van der Waals surface area (Å²) in [4.78, 5) is 29.1. The van der Waals surface area contributed by atoms with Gasteiger partial charge >= 0.3 is 5.97 Å². The lowest BCUT2D eigenvalue weighted by atomic mass is 10.0. The minimum Gasteiger partial charge on any atom is -0.422 e. The van der Waals surface area contributed by atoms with E-state index < -0.39 is 11.9 Å². The minimum absolute atomic E-state index is 0.169. The van der Waals surface area contributed by atoms with Crippen molar-refractivity contribution in [3.8, 4) is 16.9 Å². The molecule has 0 aliphatic carbocycles. The van der Waals surface area contributed by atoms with Crippen LogP contribution in [-0.4, -0.2) is 23.1 Å². The molecule has 1 aromatic heterocycles. The molecular formula is C29H18BrCl2N3O3. The first-order valence-corrected chi connectivity index (χ1v) is 12.9. The first-order valence-electron chi connectivity index (χ1n) is 11.4. The van der Waals surface area contributed by atoms with E-state index in [0.717, 1.165) is 26.5 Å². The van der Waals surface area contributed by atoms with Gasteiger partial charge < -0.3 is 9.72 Å². The molecule has 9 heteroatoms. The maximum Gasteiger partial charge on any atom is 0.345 e. The zero-order valence-corrected chi connectivity index (χ0v) is 22.6. The number of carbonyl (C=O) groups is 2. The van der Waals surface area contributed by atoms with Gasteiger partial charge in [0.15, 0.2) is 0 Å². The number of aromatic nitrogens is 1. The number of benzene rings is 4. The fourth-order valence-corrected chi connectivity index (χ4v) is 4.82. The number of hydrazone groups is 1. The van der Waals surface area contributed by atoms with Crippen LogP contribution in [0.1, 0.15) is 26.4 Å². The Labute approximate surface area is 236 Å². The number of aromatic amines is 1. The van der Waals surface area contributed by atoms with Crippen LogP contribution in [0.15, 0.2) is 101 Å². The first-order chi connectivity index (χ1) is 18.4. The molecule has 0 radical (unpaired) electrons. The van der Waals surface area contributed by atoms with Gasteiger partial charge in [-0.3, -0.25) is 4.79 Å². The van der Waals surface area contributed by atoms with Gasteiger partial charge in [-0.05, 0) is 48.0 Å². The number of rotatable bonds is 6. The van der Waals surface area contributed by atoms with E-state index in [1.807, 2.05) is 54.6 Å². The smallest absolute Gasteiger partial charge is 0.345 e. The van der Waals surface area contributed by atoms with Crippen molar-refractivity contribution in [1.82, 2.24) is 10.4 Å². The van der Waals surface area contributed by atoms with Crippen molar-refractivity contribution < 1.29 is 14.3 Å². The molecule has 38 heavy (non-hydrogen) atoms. The Hall–Kier alpha value is -3.91. The number of ether oxygens (including phenoxy) is 1. The summed E-state index contributed by atoms with van der Waals surface area (Å²) in [5.74, 6) is -0.839. The third-order valence-electron chi connectivity index (χ3n) is 5.69. The number of para-hydroxylation sites is 1. The second-order valence-electron chi connectivity index (χ2n) is 8.18. The second kappa shape index (κ2) is 11.2. The van der Waals surface area contributed by atoms with Crippen molar-refractivity contribution in [3.05, 3.63) is 122 Å². The number of carbonyl (C=O) groups excluding carboxylic acids is 2. The number of nitrogens with zero attached hydrogens (tertiary/aromatic N) is 1. The first kappa shape index (κ1) is 25.7. The molecule has 0 fully saturated rings. The zero-order chi connectivity index (χ0) is 26.6. The summed E-state index contributed by atoms with van der Waals surface area (Å²) in [6.07, 6.45) is 1.40. The van der Waals surface area contributed by atoms with Gasteiger partial charge in [-0.25, -0.2) is 10.2 Å². The van der Waals surface area contributed by atoms with Crippen LogP contribution in [0.4, 0.5) is 0 Å². The van der Waals surface area contributed by atoms with Gasteiger partial charge in [0.05, 0.1) is 16.8 Å². The SMILES string of the molecule is O=C(Oc1ccc(Br)cc1C=NNC(=O)c1[nH]c2ccccc2c1-c1ccccc1)c1ccc(Cl)cc1Cl. The van der Waals surface area contributed by atoms with E-state index in [-0.39, 0.29) is 16.3 Å². The fraction of sp³-hybridized carbons (Fsp3) is 0. The predicted octanol–water partition coefficient (Wildman–Crippen LogP) is 7.89. The molecule has 2 N–H and O–H groups in total. The average Bonchev–Trinajstić information content (AvgIpc) is 3.30. The van der Waals surface area contributed by atoms with Crippen molar-refractivity contribution >= 4 is 68.1 Å². The lowest BCUT2D eigenvalue weighted by molar-refractivity contribution is 0.0734. The lowest BCUT2D eigenvalue weighted by Gasteiger charge is -2.09. The molecule has 188 valence electrons. The molecule has 4 aromatic carbocycles. The van der Waals surface area contributed by atoms with Crippen LogP contribution in [-0.2, 0) is 0 Å². The van der Waals surface area contributed by atoms with E-state index in [9.17, 15) is 9.59 Å². The molecule has 1 amide bonds. The quantitative estimate of drug-likeness (QED) is 0.0892. The van der Waals surface area contributed by atoms with Crippen LogP contribution < -0.4 is 10.2 Å². The fourth-order valence-electron chi connectivity index (χ4n) is 3.96. The van der Waals surface area contributed by atoms with Crippen molar-refractivity contribution in [1.29, 1.82) is 0 Å². The topological polar surface area (TPSA) is 83.5 Å². The summed E-state index contributed by atoms with van der Waals surface area (Å²) in [5.41, 5.74) is 6.10. The standard InChI is InChI=1S/C29H18BrCl2N3O3/c30-19-10-13-25(38-29(37)21-12-11-20(31)15-23(21)32)18(14-19)16-33-35-28(36)27-26(17-6-2-1-3-7-17)22-8-4-5-9-24(22)34-27/h1-16,34H,(H,35,36). The van der Waals surface area contributed by atoms with E-state index in [1.54, 1.807) is 24.3 Å². The summed E-state index contributed by atoms with van der Waals surface area (Å²) in [5, 5.41) is 5.64. The molecule has 0 atom stereocenters. The van der Waals surface area contributed by atoms with E-state index in [1.165, 1.54) is 18.3 Å². The third-order valence-corrected chi connectivity index (χ3v) is 6.73. The van der Waals surface area contributed by atoms with Crippen LogP contribution in [0.25, 0.3) is 22.0 Å². The summed E-state index contributed by atoms with van der Waals surface area (Å²) < 4.78 is 6.30. The van der Waals surface area contributed by atoms with Gasteiger partial charge in [-0.2, -0.15) is 5.10 Å². The molecule has 0 aliphatic heterocycles. The van der Waals surface area contributed by atoms with Gasteiger partial charge in [0.1, 0.15) is 11.4 Å². The molecular weight excluding hydrogens is 589 g/mol. The van der Waals surface area contributed by atoms with Crippen LogP contribution in [0, 0.1) is 0 Å². The zero-order valence-electron chi connectivity index (χ0n) is 19.5. The van der Waals surface area contributed by atoms with E-state index in [2.05, 4.69) is 31.4 Å². The van der Waals surface area contributed by atoms with Crippen molar-refractivity contribution in [2.45, 2.75) is 0 Å². The van der Waals surface area contributed by atoms with Gasteiger partial charge in [-0.15, -0.1) is 0 Å². The third kappa shape index (κ3) is 5.50. The van der Waals surface area contributed by atoms with Crippen LogP contribution in [0.5, 0.6) is 5.75 Å². The number of nitrogens with one attached hydrogen (secondary N) is 2. The summed E-state index contributed by atoms with van der Waals surface area (Å²) in [6.45, 7) is 0. The molecule has 0 unspecified atom stereocenters. The second-order valence-corrected chi connectivity index (χ2v) is 9.94. The number of fused-ring (bicyclic) bond motifs is 1. The highest BCUT2D eigenvalue weighted by Crippen LogP contribution is 2.32. The van der Waals surface area contributed by atoms with Gasteiger partial charge in [0.2, 0.25) is 0 Å². The Morgan fingerprint density at radius 2 is 1.68 bits per heavy atom. The highest BCUT2D eigenvalue weighted by Gasteiger charge is 2.19. The molecule has 0 aliphatic rings. The predicted molar refractivity (Wildman–Crippen MR) is 154 cm³/mol. The Balaban J connectivity index is 1.40. The molecule has 0 spiro atoms. The summed E-state index contributed by atoms with van der Waals surface area (Å²) >= 11 is 15.5. The minimum atomic E-state index is -0.654. The highest BCUT2D eigenvalue weighted by molar-refractivity contribution is 9.10. The number of hydrogen-bond donors (Lipinski definition) is 2. The molecule has 0 saturated carbocycles. The molecule has 6 nitrogen and oxygen atoms in total. The number of hydrogen-bond acceptors (Lipinski definition) is 4. The molecule has 0 bridgehead atoms. The molecule has 5 aromatic rings. The highest BCUT2D eigenvalue weighted by atomic mass is 79.9. The number of H-pyrrole nitrogens is 1. The Morgan fingerprint density at radius 3 is 2.47 bits per heavy atom. The average molecular weight is 607 g/mol. The lowest BCUT2D eigenvalue weighted by Crippen LogP contribution is -2.19. The van der Waals surface area contributed by atoms with Gasteiger partial charge in [-0.1, -0.05) is 87.7 Å². The van der Waals surface area contributed by atoms with Crippen LogP contribution >= 0.6 is 39.1 Å². The molecule has 1 heterocycles. The maximum atomic E-state index is 13.2. The van der Waals surface area contributed by atoms with E-state index in [0.29, 0.717) is 16.3 Å². The maximum absolute atomic E-state index is 13.2. The molecule has 0 saturated heterocycles. The van der Waals surface area contributed by atoms with Crippen molar-refractivity contribution in [2.75, 3.05) is 0 Å². The Kier molecular flexibility index (Phi) is 7.60. The Morgan fingerprint density at radius 1 is 0.921 bits per heavy atom. The number of halogens is 3. The largest absolute Gasteiger partial charge is 0.422 e. The van der Waals surface area contributed by atoms with Crippen molar-refractivity contribution in [3.63, 3.8) is 0 Å². The summed E-state index contributed by atoms with van der Waals surface area (Å²) in [6, 6.07) is 26.9. The summed E-state index contributed by atoms with van der Waals surface area (Å²) in [7, 11) is 0. The normalized spacial score (nSPS) is 11.1. The van der Waals surface area contributed by atoms with Crippen LogP contribution in [0.2, 0.25) is 10.0 Å². The monoisotopic (exact) mass is 605 g/mol. The number of amides is 1. The van der Waals surface area contributed by atoms with Crippen LogP contribution in [0.3, 0.4) is 0 Å². The molecule has 5 rings (SSSR count). The van der Waals surface area contributed by atoms with Crippen molar-refractivity contribution in [2.24, 2.45) is 5.10 Å². The Bertz CT molecular complexity index is 1700. The van der Waals surface area contributed by atoms with E-state index >= 15 is 0 Å². The van der Waals surface area contributed by atoms with E-state index in [4.69, 9.17) is 27.9 Å².